The molecule has 10 nitrogen and oxygen atoms in total. The average molecular weight is 460 g/mol. The SMILES string of the molecule is CC(C)[C@@H](C(O)c1nc2cc(C(N)=O)ccc2o1)N1CCC[C@H]1C(=O)NC(=O)[C@@H](N)C(C)C. The molecule has 0 saturated carbocycles. The maximum atomic E-state index is 12.9. The van der Waals surface area contributed by atoms with Crippen molar-refractivity contribution < 1.29 is 23.9 Å². The molecule has 4 atom stereocenters. The third-order valence-electron chi connectivity index (χ3n) is 6.20. The van der Waals surface area contributed by atoms with Gasteiger partial charge in [0, 0.05) is 11.6 Å². The number of fused-ring (bicyclic) bond motifs is 1. The summed E-state index contributed by atoms with van der Waals surface area (Å²) in [6.45, 7) is 8.08. The summed E-state index contributed by atoms with van der Waals surface area (Å²) >= 11 is 0. The van der Waals surface area contributed by atoms with E-state index in [1.54, 1.807) is 6.07 Å². The summed E-state index contributed by atoms with van der Waals surface area (Å²) in [5.41, 5.74) is 12.3. The summed E-state index contributed by atoms with van der Waals surface area (Å²) in [5, 5.41) is 13.7. The first-order chi connectivity index (χ1) is 15.5. The molecule has 3 rings (SSSR count). The Bertz CT molecular complexity index is 1030. The molecule has 1 aromatic heterocycles. The standard InChI is InChI=1S/C23H33N5O5/c1-11(2)17(24)22(32)27-21(31)15-6-5-9-28(15)18(12(3)4)19(29)23-26-14-10-13(20(25)30)7-8-16(14)33-23/h7-8,10-12,15,17-19,29H,5-6,9,24H2,1-4H3,(H2,25,30)(H,27,31,32)/t15-,17-,18-,19?/m0/s1. The lowest BCUT2D eigenvalue weighted by Crippen LogP contribution is -2.55. The fourth-order valence-electron chi connectivity index (χ4n) is 4.32. The van der Waals surface area contributed by atoms with Crippen molar-refractivity contribution in [1.29, 1.82) is 0 Å². The fraction of sp³-hybridized carbons (Fsp3) is 0.565. The number of carbonyl (C=O) groups is 3. The number of primary amides is 1. The summed E-state index contributed by atoms with van der Waals surface area (Å²) in [6, 6.07) is 2.78. The van der Waals surface area contributed by atoms with Gasteiger partial charge in [0.15, 0.2) is 5.58 Å². The number of hydrogen-bond donors (Lipinski definition) is 4. The van der Waals surface area contributed by atoms with Crippen LogP contribution >= 0.6 is 0 Å². The van der Waals surface area contributed by atoms with Crippen molar-refractivity contribution in [1.82, 2.24) is 15.2 Å². The van der Waals surface area contributed by atoms with Gasteiger partial charge in [-0.3, -0.25) is 24.6 Å². The molecule has 33 heavy (non-hydrogen) atoms. The minimum atomic E-state index is -1.13. The molecule has 0 radical (unpaired) electrons. The van der Waals surface area contributed by atoms with Gasteiger partial charge in [0.25, 0.3) is 0 Å². The summed E-state index contributed by atoms with van der Waals surface area (Å²) in [5.74, 6) is -1.58. The van der Waals surface area contributed by atoms with Crippen molar-refractivity contribution in [2.45, 2.75) is 64.8 Å². The van der Waals surface area contributed by atoms with E-state index in [2.05, 4.69) is 10.3 Å². The minimum absolute atomic E-state index is 0.0572. The van der Waals surface area contributed by atoms with E-state index in [4.69, 9.17) is 15.9 Å². The van der Waals surface area contributed by atoms with E-state index >= 15 is 0 Å². The van der Waals surface area contributed by atoms with Crippen molar-refractivity contribution in [2.75, 3.05) is 6.54 Å². The Morgan fingerprint density at radius 1 is 1.21 bits per heavy atom. The van der Waals surface area contributed by atoms with E-state index in [-0.39, 0.29) is 23.3 Å². The molecule has 2 heterocycles. The Balaban J connectivity index is 1.83. The number of amides is 3. The summed E-state index contributed by atoms with van der Waals surface area (Å²) < 4.78 is 5.76. The van der Waals surface area contributed by atoms with Gasteiger partial charge < -0.3 is 21.0 Å². The Labute approximate surface area is 192 Å². The molecule has 2 aromatic rings. The highest BCUT2D eigenvalue weighted by atomic mass is 16.4. The second-order valence-corrected chi connectivity index (χ2v) is 9.30. The highest BCUT2D eigenvalue weighted by molar-refractivity contribution is 6.00. The van der Waals surface area contributed by atoms with Gasteiger partial charge in [-0.1, -0.05) is 27.7 Å². The van der Waals surface area contributed by atoms with Crippen LogP contribution in [0.5, 0.6) is 0 Å². The molecule has 180 valence electrons. The number of aromatic nitrogens is 1. The van der Waals surface area contributed by atoms with Crippen LogP contribution in [0.15, 0.2) is 22.6 Å². The predicted molar refractivity (Wildman–Crippen MR) is 122 cm³/mol. The number of aliphatic hydroxyl groups excluding tert-OH is 1. The molecule has 0 bridgehead atoms. The molecule has 1 aliphatic heterocycles. The predicted octanol–water partition coefficient (Wildman–Crippen LogP) is 1.08. The molecule has 0 spiro atoms. The highest BCUT2D eigenvalue weighted by Gasteiger charge is 2.42. The van der Waals surface area contributed by atoms with Gasteiger partial charge in [-0.05, 0) is 49.4 Å². The molecule has 1 aromatic carbocycles. The van der Waals surface area contributed by atoms with Crippen LogP contribution in [0.4, 0.5) is 0 Å². The zero-order valence-electron chi connectivity index (χ0n) is 19.4. The van der Waals surface area contributed by atoms with Crippen LogP contribution in [0.1, 0.15) is 62.9 Å². The van der Waals surface area contributed by atoms with Crippen molar-refractivity contribution in [2.24, 2.45) is 23.3 Å². The molecule has 1 unspecified atom stereocenters. The first-order valence-electron chi connectivity index (χ1n) is 11.3. The minimum Gasteiger partial charge on any atom is -0.438 e. The van der Waals surface area contributed by atoms with Crippen molar-refractivity contribution >= 4 is 28.8 Å². The summed E-state index contributed by atoms with van der Waals surface area (Å²) in [6.07, 6.45) is 0.173. The van der Waals surface area contributed by atoms with E-state index < -0.39 is 42.0 Å². The quantitative estimate of drug-likeness (QED) is 0.455. The number of nitrogens with two attached hydrogens (primary N) is 2. The van der Waals surface area contributed by atoms with Gasteiger partial charge in [0.2, 0.25) is 23.6 Å². The van der Waals surface area contributed by atoms with E-state index in [0.717, 1.165) is 6.42 Å². The van der Waals surface area contributed by atoms with Crippen LogP contribution in [0.2, 0.25) is 0 Å². The molecule has 0 aliphatic carbocycles. The summed E-state index contributed by atoms with van der Waals surface area (Å²) in [7, 11) is 0. The molecular formula is C23H33N5O5. The first-order valence-corrected chi connectivity index (χ1v) is 11.3. The number of rotatable bonds is 8. The number of likely N-dealkylation sites (tertiary alicyclic amines) is 1. The normalized spacial score (nSPS) is 19.7. The number of benzene rings is 1. The maximum Gasteiger partial charge on any atom is 0.248 e. The van der Waals surface area contributed by atoms with Gasteiger partial charge in [-0.2, -0.15) is 0 Å². The molecule has 6 N–H and O–H groups in total. The Morgan fingerprint density at radius 3 is 2.52 bits per heavy atom. The van der Waals surface area contributed by atoms with Crippen LogP contribution in [0.25, 0.3) is 11.1 Å². The lowest BCUT2D eigenvalue weighted by molar-refractivity contribution is -0.135. The zero-order chi connectivity index (χ0) is 24.4. The van der Waals surface area contributed by atoms with E-state index in [1.165, 1.54) is 12.1 Å². The summed E-state index contributed by atoms with van der Waals surface area (Å²) in [4.78, 5) is 43.0. The number of aliphatic hydroxyl groups is 1. The number of oxazole rings is 1. The lowest BCUT2D eigenvalue weighted by atomic mass is 9.95. The van der Waals surface area contributed by atoms with E-state index in [1.807, 2.05) is 32.6 Å². The molecule has 3 amide bonds. The van der Waals surface area contributed by atoms with Gasteiger partial charge in [-0.25, -0.2) is 4.98 Å². The van der Waals surface area contributed by atoms with Crippen molar-refractivity contribution in [3.05, 3.63) is 29.7 Å². The van der Waals surface area contributed by atoms with Crippen LogP contribution in [0.3, 0.4) is 0 Å². The van der Waals surface area contributed by atoms with Gasteiger partial charge >= 0.3 is 0 Å². The van der Waals surface area contributed by atoms with Crippen LogP contribution in [0, 0.1) is 11.8 Å². The Kier molecular flexibility index (Phi) is 7.51. The number of nitrogens with zero attached hydrogens (tertiary/aromatic N) is 2. The Hall–Kier alpha value is -2.82. The molecular weight excluding hydrogens is 426 g/mol. The molecule has 1 fully saturated rings. The van der Waals surface area contributed by atoms with Gasteiger partial charge in [0.05, 0.1) is 12.1 Å². The number of imide groups is 1. The van der Waals surface area contributed by atoms with Crippen LogP contribution in [-0.4, -0.2) is 57.4 Å². The van der Waals surface area contributed by atoms with E-state index in [0.29, 0.717) is 24.1 Å². The largest absolute Gasteiger partial charge is 0.438 e. The molecule has 1 aliphatic rings. The van der Waals surface area contributed by atoms with Crippen molar-refractivity contribution in [3.8, 4) is 0 Å². The maximum absolute atomic E-state index is 12.9. The molecule has 1 saturated heterocycles. The van der Waals surface area contributed by atoms with Gasteiger partial charge in [0.1, 0.15) is 11.6 Å². The smallest absolute Gasteiger partial charge is 0.248 e. The highest BCUT2D eigenvalue weighted by Crippen LogP contribution is 2.33. The van der Waals surface area contributed by atoms with E-state index in [9.17, 15) is 19.5 Å². The zero-order valence-corrected chi connectivity index (χ0v) is 19.4. The van der Waals surface area contributed by atoms with Gasteiger partial charge in [-0.15, -0.1) is 0 Å². The first kappa shape index (κ1) is 24.8. The lowest BCUT2D eigenvalue weighted by Gasteiger charge is -2.37. The monoisotopic (exact) mass is 459 g/mol. The number of hydrogen-bond acceptors (Lipinski definition) is 8. The van der Waals surface area contributed by atoms with Crippen molar-refractivity contribution in [3.63, 3.8) is 0 Å². The second-order valence-electron chi connectivity index (χ2n) is 9.30. The second kappa shape index (κ2) is 9.98. The topological polar surface area (TPSA) is 165 Å². The fourth-order valence-corrected chi connectivity index (χ4v) is 4.32. The Morgan fingerprint density at radius 2 is 1.91 bits per heavy atom. The van der Waals surface area contributed by atoms with Crippen LogP contribution in [-0.2, 0) is 9.59 Å². The third kappa shape index (κ3) is 5.23. The average Bonchev–Trinajstić information content (AvgIpc) is 3.39. The van der Waals surface area contributed by atoms with Crippen LogP contribution < -0.4 is 16.8 Å². The number of nitrogens with one attached hydrogen (secondary N) is 1. The number of carbonyl (C=O) groups excluding carboxylic acids is 3. The third-order valence-corrected chi connectivity index (χ3v) is 6.20. The molecule has 10 heteroatoms.